The Morgan fingerprint density at radius 2 is 2.00 bits per heavy atom. The highest BCUT2D eigenvalue weighted by Crippen LogP contribution is 2.18. The molecule has 110 valence electrons. The summed E-state index contributed by atoms with van der Waals surface area (Å²) in [6.45, 7) is 4.74. The lowest BCUT2D eigenvalue weighted by atomic mass is 9.90. The monoisotopic (exact) mass is 293 g/mol. The van der Waals surface area contributed by atoms with E-state index in [2.05, 4.69) is 5.32 Å². The minimum atomic E-state index is -0.107. The summed E-state index contributed by atoms with van der Waals surface area (Å²) in [7, 11) is 0. The summed E-state index contributed by atoms with van der Waals surface area (Å²) in [4.78, 5) is 12.9. The van der Waals surface area contributed by atoms with Gasteiger partial charge >= 0.3 is 0 Å². The standard InChI is InChI=1S/C16H23NO2S/c1-16(2,10-11-18)12-17-15(19)9-6-13-4-7-14(20-3)8-5-13/h4-9,18H,10-12H2,1-3H3,(H,17,19)/b9-6+. The van der Waals surface area contributed by atoms with E-state index in [1.165, 1.54) is 4.90 Å². The lowest BCUT2D eigenvalue weighted by Gasteiger charge is -2.23. The maximum absolute atomic E-state index is 11.7. The van der Waals surface area contributed by atoms with E-state index in [4.69, 9.17) is 5.11 Å². The molecule has 20 heavy (non-hydrogen) atoms. The molecule has 1 rings (SSSR count). The topological polar surface area (TPSA) is 49.3 Å². The molecule has 0 aliphatic rings. The predicted molar refractivity (Wildman–Crippen MR) is 85.8 cm³/mol. The average molecular weight is 293 g/mol. The zero-order valence-electron chi connectivity index (χ0n) is 12.3. The number of benzene rings is 1. The lowest BCUT2D eigenvalue weighted by molar-refractivity contribution is -0.116. The third-order valence-electron chi connectivity index (χ3n) is 3.07. The van der Waals surface area contributed by atoms with Crippen molar-refractivity contribution in [1.82, 2.24) is 5.32 Å². The van der Waals surface area contributed by atoms with Gasteiger partial charge in [0.15, 0.2) is 0 Å². The van der Waals surface area contributed by atoms with Crippen molar-refractivity contribution >= 4 is 23.7 Å². The van der Waals surface area contributed by atoms with Gasteiger partial charge in [-0.25, -0.2) is 0 Å². The third kappa shape index (κ3) is 6.26. The van der Waals surface area contributed by atoms with Crippen LogP contribution in [0.2, 0.25) is 0 Å². The van der Waals surface area contributed by atoms with E-state index < -0.39 is 0 Å². The van der Waals surface area contributed by atoms with Crippen LogP contribution < -0.4 is 5.32 Å². The van der Waals surface area contributed by atoms with Gasteiger partial charge in [-0.2, -0.15) is 0 Å². The first-order valence-electron chi connectivity index (χ1n) is 6.68. The smallest absolute Gasteiger partial charge is 0.244 e. The van der Waals surface area contributed by atoms with E-state index in [1.54, 1.807) is 23.9 Å². The Balaban J connectivity index is 2.46. The Kier molecular flexibility index (Phi) is 6.82. The van der Waals surface area contributed by atoms with Crippen molar-refractivity contribution in [2.24, 2.45) is 5.41 Å². The number of aliphatic hydroxyl groups excluding tert-OH is 1. The molecule has 4 heteroatoms. The zero-order chi connectivity index (χ0) is 15.0. The van der Waals surface area contributed by atoms with Crippen molar-refractivity contribution in [2.75, 3.05) is 19.4 Å². The van der Waals surface area contributed by atoms with Gasteiger partial charge < -0.3 is 10.4 Å². The first-order chi connectivity index (χ1) is 9.46. The van der Waals surface area contributed by atoms with Gasteiger partial charge in [0.1, 0.15) is 0 Å². The second kappa shape index (κ2) is 8.12. The molecule has 0 unspecified atom stereocenters. The molecule has 0 bridgehead atoms. The first-order valence-corrected chi connectivity index (χ1v) is 7.90. The maximum Gasteiger partial charge on any atom is 0.244 e. The van der Waals surface area contributed by atoms with Crippen LogP contribution in [0.5, 0.6) is 0 Å². The number of hydrogen-bond donors (Lipinski definition) is 2. The van der Waals surface area contributed by atoms with Gasteiger partial charge in [-0.3, -0.25) is 4.79 Å². The van der Waals surface area contributed by atoms with Gasteiger partial charge in [0.25, 0.3) is 0 Å². The second-order valence-corrected chi connectivity index (χ2v) is 6.34. The SMILES string of the molecule is CSc1ccc(/C=C/C(=O)NCC(C)(C)CCO)cc1. The van der Waals surface area contributed by atoms with E-state index in [0.717, 1.165) is 5.56 Å². The van der Waals surface area contributed by atoms with Crippen molar-refractivity contribution in [1.29, 1.82) is 0 Å². The molecule has 0 saturated carbocycles. The second-order valence-electron chi connectivity index (χ2n) is 5.46. The number of carbonyl (C=O) groups excluding carboxylic acids is 1. The van der Waals surface area contributed by atoms with Crippen LogP contribution in [0, 0.1) is 5.41 Å². The van der Waals surface area contributed by atoms with Gasteiger partial charge in [-0.05, 0) is 41.9 Å². The summed E-state index contributed by atoms with van der Waals surface area (Å²) in [5.41, 5.74) is 0.922. The molecule has 1 aromatic carbocycles. The minimum absolute atomic E-state index is 0.0851. The van der Waals surface area contributed by atoms with E-state index >= 15 is 0 Å². The highest BCUT2D eigenvalue weighted by molar-refractivity contribution is 7.98. The normalized spacial score (nSPS) is 11.8. The van der Waals surface area contributed by atoms with Crippen molar-refractivity contribution in [3.05, 3.63) is 35.9 Å². The molecular formula is C16H23NO2S. The fourth-order valence-electron chi connectivity index (χ4n) is 1.66. The molecule has 1 amide bonds. The highest BCUT2D eigenvalue weighted by Gasteiger charge is 2.17. The van der Waals surface area contributed by atoms with Crippen molar-refractivity contribution in [3.63, 3.8) is 0 Å². The Morgan fingerprint density at radius 3 is 2.55 bits per heavy atom. The van der Waals surface area contributed by atoms with E-state index in [1.807, 2.05) is 44.4 Å². The maximum atomic E-state index is 11.7. The largest absolute Gasteiger partial charge is 0.396 e. The number of thioether (sulfide) groups is 1. The molecule has 0 fully saturated rings. The Morgan fingerprint density at radius 1 is 1.35 bits per heavy atom. The van der Waals surface area contributed by atoms with Crippen LogP contribution in [0.1, 0.15) is 25.8 Å². The van der Waals surface area contributed by atoms with Gasteiger partial charge in [-0.15, -0.1) is 11.8 Å². The Labute approximate surface area is 125 Å². The lowest BCUT2D eigenvalue weighted by Crippen LogP contribution is -2.33. The summed E-state index contributed by atoms with van der Waals surface area (Å²) in [5.74, 6) is -0.107. The summed E-state index contributed by atoms with van der Waals surface area (Å²) < 4.78 is 0. The van der Waals surface area contributed by atoms with Crippen molar-refractivity contribution < 1.29 is 9.90 Å². The van der Waals surface area contributed by atoms with E-state index in [9.17, 15) is 4.79 Å². The van der Waals surface area contributed by atoms with Gasteiger partial charge in [-0.1, -0.05) is 26.0 Å². The highest BCUT2D eigenvalue weighted by atomic mass is 32.2. The van der Waals surface area contributed by atoms with Crippen LogP contribution in [0.25, 0.3) is 6.08 Å². The van der Waals surface area contributed by atoms with Crippen LogP contribution in [0.3, 0.4) is 0 Å². The molecule has 0 spiro atoms. The minimum Gasteiger partial charge on any atom is -0.396 e. The molecule has 1 aromatic rings. The van der Waals surface area contributed by atoms with Crippen LogP contribution in [-0.4, -0.2) is 30.4 Å². The molecule has 0 aliphatic carbocycles. The summed E-state index contributed by atoms with van der Waals surface area (Å²) in [6.07, 6.45) is 6.06. The number of rotatable bonds is 7. The molecule has 3 nitrogen and oxygen atoms in total. The first kappa shape index (κ1) is 16.8. The molecule has 0 saturated heterocycles. The van der Waals surface area contributed by atoms with Gasteiger partial charge in [0.2, 0.25) is 5.91 Å². The number of amides is 1. The number of aliphatic hydroxyl groups is 1. The Hall–Kier alpha value is -1.26. The predicted octanol–water partition coefficient (Wildman–Crippen LogP) is 2.95. The van der Waals surface area contributed by atoms with E-state index in [-0.39, 0.29) is 17.9 Å². The Bertz CT molecular complexity index is 452. The van der Waals surface area contributed by atoms with Crippen LogP contribution in [0.15, 0.2) is 35.2 Å². The molecular weight excluding hydrogens is 270 g/mol. The molecule has 0 aliphatic heterocycles. The molecule has 0 heterocycles. The van der Waals surface area contributed by atoms with E-state index in [0.29, 0.717) is 13.0 Å². The van der Waals surface area contributed by atoms with Crippen molar-refractivity contribution in [2.45, 2.75) is 25.2 Å². The summed E-state index contributed by atoms with van der Waals surface area (Å²) >= 11 is 1.69. The fourth-order valence-corrected chi connectivity index (χ4v) is 2.07. The number of nitrogens with one attached hydrogen (secondary N) is 1. The van der Waals surface area contributed by atoms with Crippen LogP contribution in [0.4, 0.5) is 0 Å². The van der Waals surface area contributed by atoms with Crippen LogP contribution in [-0.2, 0) is 4.79 Å². The molecule has 0 radical (unpaired) electrons. The third-order valence-corrected chi connectivity index (χ3v) is 3.82. The molecule has 0 aromatic heterocycles. The van der Waals surface area contributed by atoms with Crippen LogP contribution >= 0.6 is 11.8 Å². The number of hydrogen-bond acceptors (Lipinski definition) is 3. The van der Waals surface area contributed by atoms with Gasteiger partial charge in [0.05, 0.1) is 0 Å². The number of carbonyl (C=O) groups is 1. The average Bonchev–Trinajstić information content (AvgIpc) is 2.43. The van der Waals surface area contributed by atoms with Crippen molar-refractivity contribution in [3.8, 4) is 0 Å². The van der Waals surface area contributed by atoms with Gasteiger partial charge in [0, 0.05) is 24.1 Å². The zero-order valence-corrected chi connectivity index (χ0v) is 13.2. The summed E-state index contributed by atoms with van der Waals surface area (Å²) in [6, 6.07) is 8.05. The molecule has 2 N–H and O–H groups in total. The molecule has 0 atom stereocenters. The summed E-state index contributed by atoms with van der Waals surface area (Å²) in [5, 5.41) is 11.8. The fraction of sp³-hybridized carbons (Fsp3) is 0.438. The quantitative estimate of drug-likeness (QED) is 0.600.